The van der Waals surface area contributed by atoms with E-state index < -0.39 is 0 Å². The van der Waals surface area contributed by atoms with E-state index in [9.17, 15) is 0 Å². The van der Waals surface area contributed by atoms with E-state index in [0.29, 0.717) is 6.04 Å². The zero-order valence-corrected chi connectivity index (χ0v) is 12.6. The molecule has 108 valence electrons. The molecule has 0 spiro atoms. The maximum absolute atomic E-state index is 5.67. The SMILES string of the molecule is CCCCCNCC(C)N(C)CCOCC1CC1. The second-order valence-electron chi connectivity index (χ2n) is 5.76. The van der Waals surface area contributed by atoms with Crippen LogP contribution >= 0.6 is 0 Å². The normalized spacial score (nSPS) is 17.3. The standard InChI is InChI=1S/C15H32N2O/c1-4-5-6-9-16-12-14(2)17(3)10-11-18-13-15-7-8-15/h14-16H,4-13H2,1-3H3. The monoisotopic (exact) mass is 256 g/mol. The van der Waals surface area contributed by atoms with Crippen molar-refractivity contribution in [3.63, 3.8) is 0 Å². The summed E-state index contributed by atoms with van der Waals surface area (Å²) in [5.74, 6) is 0.882. The second-order valence-corrected chi connectivity index (χ2v) is 5.76. The largest absolute Gasteiger partial charge is 0.380 e. The number of nitrogens with one attached hydrogen (secondary N) is 1. The summed E-state index contributed by atoms with van der Waals surface area (Å²) >= 11 is 0. The molecule has 1 aliphatic rings. The Kier molecular flexibility index (Phi) is 8.64. The van der Waals surface area contributed by atoms with Gasteiger partial charge in [-0.2, -0.15) is 0 Å². The highest BCUT2D eigenvalue weighted by atomic mass is 16.5. The Morgan fingerprint density at radius 1 is 1.33 bits per heavy atom. The van der Waals surface area contributed by atoms with Crippen LogP contribution in [0.4, 0.5) is 0 Å². The van der Waals surface area contributed by atoms with E-state index in [-0.39, 0.29) is 0 Å². The highest BCUT2D eigenvalue weighted by molar-refractivity contribution is 4.72. The molecule has 0 radical (unpaired) electrons. The van der Waals surface area contributed by atoms with Gasteiger partial charge in [-0.1, -0.05) is 19.8 Å². The van der Waals surface area contributed by atoms with Gasteiger partial charge in [0.05, 0.1) is 6.61 Å². The summed E-state index contributed by atoms with van der Waals surface area (Å²) < 4.78 is 5.67. The van der Waals surface area contributed by atoms with Gasteiger partial charge in [-0.3, -0.25) is 0 Å². The van der Waals surface area contributed by atoms with E-state index in [1.165, 1.54) is 32.1 Å². The van der Waals surface area contributed by atoms with Gasteiger partial charge in [-0.15, -0.1) is 0 Å². The highest BCUT2D eigenvalue weighted by Gasteiger charge is 2.21. The predicted octanol–water partition coefficient (Wildman–Crippen LogP) is 2.51. The van der Waals surface area contributed by atoms with Crippen LogP contribution in [0.5, 0.6) is 0 Å². The fourth-order valence-corrected chi connectivity index (χ4v) is 1.93. The third-order valence-corrected chi connectivity index (χ3v) is 3.79. The number of hydrogen-bond acceptors (Lipinski definition) is 3. The van der Waals surface area contributed by atoms with Crippen LogP contribution in [0.25, 0.3) is 0 Å². The molecule has 1 N–H and O–H groups in total. The lowest BCUT2D eigenvalue weighted by atomic mass is 10.2. The van der Waals surface area contributed by atoms with Crippen molar-refractivity contribution in [2.24, 2.45) is 5.92 Å². The topological polar surface area (TPSA) is 24.5 Å². The number of hydrogen-bond donors (Lipinski definition) is 1. The number of rotatable bonds is 12. The number of likely N-dealkylation sites (N-methyl/N-ethyl adjacent to an activating group) is 1. The van der Waals surface area contributed by atoms with E-state index in [0.717, 1.165) is 38.8 Å². The van der Waals surface area contributed by atoms with Crippen molar-refractivity contribution in [2.45, 2.75) is 52.0 Å². The lowest BCUT2D eigenvalue weighted by molar-refractivity contribution is 0.0935. The minimum Gasteiger partial charge on any atom is -0.380 e. The van der Waals surface area contributed by atoms with E-state index in [2.05, 4.69) is 31.1 Å². The lowest BCUT2D eigenvalue weighted by Gasteiger charge is -2.25. The van der Waals surface area contributed by atoms with Crippen molar-refractivity contribution in [3.05, 3.63) is 0 Å². The van der Waals surface area contributed by atoms with Crippen LogP contribution in [0.3, 0.4) is 0 Å². The summed E-state index contributed by atoms with van der Waals surface area (Å²) in [5, 5.41) is 3.54. The third-order valence-electron chi connectivity index (χ3n) is 3.79. The quantitative estimate of drug-likeness (QED) is 0.543. The van der Waals surface area contributed by atoms with Crippen molar-refractivity contribution >= 4 is 0 Å². The molecule has 3 heteroatoms. The molecule has 1 fully saturated rings. The van der Waals surface area contributed by atoms with Crippen molar-refractivity contribution in [3.8, 4) is 0 Å². The van der Waals surface area contributed by atoms with Gasteiger partial charge in [0.2, 0.25) is 0 Å². The minimum atomic E-state index is 0.594. The average Bonchev–Trinajstić information content (AvgIpc) is 3.18. The van der Waals surface area contributed by atoms with Gasteiger partial charge in [0.25, 0.3) is 0 Å². The first-order valence-electron chi connectivity index (χ1n) is 7.72. The number of unbranched alkanes of at least 4 members (excludes halogenated alkanes) is 2. The fraction of sp³-hybridized carbons (Fsp3) is 1.00. The molecule has 0 amide bonds. The maximum Gasteiger partial charge on any atom is 0.0593 e. The van der Waals surface area contributed by atoms with Crippen LogP contribution in [0.15, 0.2) is 0 Å². The summed E-state index contributed by atoms with van der Waals surface area (Å²) in [5.41, 5.74) is 0. The molecule has 1 saturated carbocycles. The van der Waals surface area contributed by atoms with Crippen molar-refractivity contribution in [1.29, 1.82) is 0 Å². The Hall–Kier alpha value is -0.120. The van der Waals surface area contributed by atoms with Crippen LogP contribution in [-0.2, 0) is 4.74 Å². The van der Waals surface area contributed by atoms with Gasteiger partial charge < -0.3 is 15.0 Å². The Morgan fingerprint density at radius 3 is 2.78 bits per heavy atom. The molecule has 0 saturated heterocycles. The summed E-state index contributed by atoms with van der Waals surface area (Å²) in [6.07, 6.45) is 6.71. The Bertz CT molecular complexity index is 195. The van der Waals surface area contributed by atoms with Crippen LogP contribution in [0.2, 0.25) is 0 Å². The molecule has 1 atom stereocenters. The first kappa shape index (κ1) is 15.9. The minimum absolute atomic E-state index is 0.594. The van der Waals surface area contributed by atoms with E-state index in [4.69, 9.17) is 4.74 Å². The van der Waals surface area contributed by atoms with Gasteiger partial charge in [0, 0.05) is 25.7 Å². The van der Waals surface area contributed by atoms with Crippen LogP contribution < -0.4 is 5.32 Å². The Balaban J connectivity index is 1.88. The zero-order valence-electron chi connectivity index (χ0n) is 12.6. The molecule has 0 aromatic heterocycles. The van der Waals surface area contributed by atoms with Crippen LogP contribution in [0.1, 0.15) is 46.0 Å². The summed E-state index contributed by atoms with van der Waals surface area (Å²) in [6, 6.07) is 0.594. The lowest BCUT2D eigenvalue weighted by Crippen LogP contribution is -2.39. The van der Waals surface area contributed by atoms with E-state index >= 15 is 0 Å². The first-order valence-corrected chi connectivity index (χ1v) is 7.72. The molecule has 18 heavy (non-hydrogen) atoms. The molecule has 3 nitrogen and oxygen atoms in total. The summed E-state index contributed by atoms with van der Waals surface area (Å²) in [4.78, 5) is 2.39. The molecule has 1 unspecified atom stereocenters. The van der Waals surface area contributed by atoms with Crippen LogP contribution in [-0.4, -0.2) is 50.8 Å². The maximum atomic E-state index is 5.67. The smallest absolute Gasteiger partial charge is 0.0593 e. The van der Waals surface area contributed by atoms with Gasteiger partial charge in [0.15, 0.2) is 0 Å². The molecule has 0 aromatic rings. The van der Waals surface area contributed by atoms with E-state index in [1.54, 1.807) is 0 Å². The fourth-order valence-electron chi connectivity index (χ4n) is 1.93. The van der Waals surface area contributed by atoms with Gasteiger partial charge in [-0.05, 0) is 45.7 Å². The van der Waals surface area contributed by atoms with Crippen molar-refractivity contribution in [2.75, 3.05) is 39.9 Å². The summed E-state index contributed by atoms with van der Waals surface area (Å²) in [7, 11) is 2.19. The predicted molar refractivity (Wildman–Crippen MR) is 78.0 cm³/mol. The number of nitrogens with zero attached hydrogens (tertiary/aromatic N) is 1. The van der Waals surface area contributed by atoms with Crippen molar-refractivity contribution in [1.82, 2.24) is 10.2 Å². The molecular weight excluding hydrogens is 224 g/mol. The molecule has 0 heterocycles. The molecule has 1 aliphatic carbocycles. The molecule has 0 bridgehead atoms. The second kappa shape index (κ2) is 9.76. The Labute approximate surface area is 113 Å². The molecule has 0 aliphatic heterocycles. The third kappa shape index (κ3) is 8.06. The van der Waals surface area contributed by atoms with Gasteiger partial charge >= 0.3 is 0 Å². The number of ether oxygens (including phenoxy) is 1. The van der Waals surface area contributed by atoms with Gasteiger partial charge in [0.1, 0.15) is 0 Å². The molecular formula is C15H32N2O. The van der Waals surface area contributed by atoms with Crippen LogP contribution in [0, 0.1) is 5.92 Å². The van der Waals surface area contributed by atoms with E-state index in [1.807, 2.05) is 0 Å². The average molecular weight is 256 g/mol. The Morgan fingerprint density at radius 2 is 2.11 bits per heavy atom. The van der Waals surface area contributed by atoms with Crippen molar-refractivity contribution < 1.29 is 4.74 Å². The molecule has 1 rings (SSSR count). The zero-order chi connectivity index (χ0) is 13.2. The summed E-state index contributed by atoms with van der Waals surface area (Å²) in [6.45, 7) is 9.69. The van der Waals surface area contributed by atoms with Gasteiger partial charge in [-0.25, -0.2) is 0 Å². The highest BCUT2D eigenvalue weighted by Crippen LogP contribution is 2.28. The first-order chi connectivity index (χ1) is 8.74. The molecule has 0 aromatic carbocycles.